The Morgan fingerprint density at radius 2 is 2.14 bits per heavy atom. The van der Waals surface area contributed by atoms with Gasteiger partial charge in [-0.1, -0.05) is 12.1 Å². The van der Waals surface area contributed by atoms with E-state index in [1.807, 2.05) is 0 Å². The second-order valence-corrected chi connectivity index (χ2v) is 5.33. The van der Waals surface area contributed by atoms with E-state index in [-0.39, 0.29) is 28.1 Å². The van der Waals surface area contributed by atoms with E-state index >= 15 is 0 Å². The molecule has 0 aliphatic heterocycles. The molecule has 1 aromatic carbocycles. The van der Waals surface area contributed by atoms with Gasteiger partial charge >= 0.3 is 5.97 Å². The van der Waals surface area contributed by atoms with E-state index in [0.717, 1.165) is 19.3 Å². The Kier molecular flexibility index (Phi) is 3.16. The number of hydrogen-bond donors (Lipinski definition) is 2. The molecule has 0 bridgehead atoms. The normalized spacial score (nSPS) is 15.0. The number of fused-ring (bicyclic) bond motifs is 1. The quantitative estimate of drug-likeness (QED) is 0.909. The first-order valence-corrected chi connectivity index (χ1v) is 6.84. The van der Waals surface area contributed by atoms with Crippen molar-refractivity contribution in [3.05, 3.63) is 45.6 Å². The summed E-state index contributed by atoms with van der Waals surface area (Å²) in [6.07, 6.45) is 2.91. The largest absolute Gasteiger partial charge is 0.478 e. The number of pyridine rings is 1. The molecule has 1 aliphatic rings. The number of hydrogen-bond acceptors (Lipinski definition) is 3. The minimum atomic E-state index is -1.17. The van der Waals surface area contributed by atoms with E-state index in [0.29, 0.717) is 0 Å². The first-order chi connectivity index (χ1) is 10.0. The third-order valence-electron chi connectivity index (χ3n) is 4.03. The molecule has 5 nitrogen and oxygen atoms in total. The fourth-order valence-electron chi connectivity index (χ4n) is 2.67. The molecule has 1 aromatic heterocycles. The number of nitrogens with zero attached hydrogens (tertiary/aromatic N) is 1. The van der Waals surface area contributed by atoms with Crippen molar-refractivity contribution in [1.29, 1.82) is 0 Å². The summed E-state index contributed by atoms with van der Waals surface area (Å²) in [5, 5.41) is 9.36. The summed E-state index contributed by atoms with van der Waals surface area (Å²) in [5.74, 6) is -1.88. The number of nitrogens with one attached hydrogen (secondary N) is 1. The number of carboxylic acids is 1. The van der Waals surface area contributed by atoms with Crippen molar-refractivity contribution in [3.8, 4) is 0 Å². The zero-order valence-electron chi connectivity index (χ0n) is 11.5. The summed E-state index contributed by atoms with van der Waals surface area (Å²) in [4.78, 5) is 24.0. The van der Waals surface area contributed by atoms with Crippen molar-refractivity contribution in [2.24, 2.45) is 0 Å². The van der Waals surface area contributed by atoms with Gasteiger partial charge in [-0.15, -0.1) is 0 Å². The maximum Gasteiger partial charge on any atom is 0.338 e. The fraction of sp³-hybridized carbons (Fsp3) is 0.333. The highest BCUT2D eigenvalue weighted by Crippen LogP contribution is 2.23. The highest BCUT2D eigenvalue weighted by Gasteiger charge is 2.24. The SMILES string of the molecule is Cc1c(C(=O)O)c2cccc(F)c2c(=O)n1NC1CCC1. The predicted octanol–water partition coefficient (Wildman–Crippen LogP) is 2.24. The summed E-state index contributed by atoms with van der Waals surface area (Å²) >= 11 is 0. The molecule has 2 N–H and O–H groups in total. The van der Waals surface area contributed by atoms with Crippen LogP contribution in [0.25, 0.3) is 10.8 Å². The number of aromatic nitrogens is 1. The maximum absolute atomic E-state index is 14.0. The molecule has 1 saturated carbocycles. The number of benzene rings is 1. The van der Waals surface area contributed by atoms with Crippen LogP contribution in [-0.2, 0) is 0 Å². The molecule has 0 saturated heterocycles. The third-order valence-corrected chi connectivity index (χ3v) is 4.03. The van der Waals surface area contributed by atoms with Crippen LogP contribution in [0.3, 0.4) is 0 Å². The molecule has 0 spiro atoms. The molecule has 0 amide bonds. The lowest BCUT2D eigenvalue weighted by atomic mass is 9.94. The number of rotatable bonds is 3. The molecule has 1 fully saturated rings. The Bertz CT molecular complexity index is 794. The number of carbonyl (C=O) groups is 1. The summed E-state index contributed by atoms with van der Waals surface area (Å²) in [6, 6.07) is 4.17. The Morgan fingerprint density at radius 1 is 1.43 bits per heavy atom. The molecule has 6 heteroatoms. The zero-order valence-corrected chi connectivity index (χ0v) is 11.5. The van der Waals surface area contributed by atoms with Gasteiger partial charge in [-0.3, -0.25) is 4.79 Å². The van der Waals surface area contributed by atoms with Crippen LogP contribution in [0.15, 0.2) is 23.0 Å². The van der Waals surface area contributed by atoms with Gasteiger partial charge in [0.1, 0.15) is 5.82 Å². The molecule has 0 radical (unpaired) electrons. The van der Waals surface area contributed by atoms with E-state index in [1.165, 1.54) is 22.9 Å². The second kappa shape index (κ2) is 4.87. The van der Waals surface area contributed by atoms with E-state index in [9.17, 15) is 19.1 Å². The third kappa shape index (κ3) is 2.07. The van der Waals surface area contributed by atoms with Crippen molar-refractivity contribution in [2.75, 3.05) is 5.43 Å². The molecule has 0 atom stereocenters. The number of carboxylic acid groups (broad SMARTS) is 1. The Balaban J connectivity index is 2.34. The fourth-order valence-corrected chi connectivity index (χ4v) is 2.67. The van der Waals surface area contributed by atoms with Gasteiger partial charge in [0.05, 0.1) is 16.6 Å². The first-order valence-electron chi connectivity index (χ1n) is 6.84. The van der Waals surface area contributed by atoms with Crippen molar-refractivity contribution >= 4 is 16.7 Å². The Labute approximate surface area is 120 Å². The van der Waals surface area contributed by atoms with Gasteiger partial charge in [0.2, 0.25) is 0 Å². The Hall–Kier alpha value is -2.37. The van der Waals surface area contributed by atoms with Gasteiger partial charge in [-0.05, 0) is 32.3 Å². The summed E-state index contributed by atoms with van der Waals surface area (Å²) in [7, 11) is 0. The number of aromatic carboxylic acids is 1. The minimum absolute atomic E-state index is 0.0454. The molecule has 1 aliphatic carbocycles. The predicted molar refractivity (Wildman–Crippen MR) is 76.9 cm³/mol. The van der Waals surface area contributed by atoms with Crippen molar-refractivity contribution in [2.45, 2.75) is 32.2 Å². The van der Waals surface area contributed by atoms with Gasteiger partial charge in [-0.25, -0.2) is 13.9 Å². The molecule has 1 heterocycles. The van der Waals surface area contributed by atoms with Crippen LogP contribution in [0.5, 0.6) is 0 Å². The van der Waals surface area contributed by atoms with Crippen molar-refractivity contribution in [1.82, 2.24) is 4.68 Å². The van der Waals surface area contributed by atoms with Crippen LogP contribution < -0.4 is 11.0 Å². The molecular formula is C15H15FN2O3. The summed E-state index contributed by atoms with van der Waals surface area (Å²) in [6.45, 7) is 1.56. The van der Waals surface area contributed by atoms with Crippen LogP contribution in [0.2, 0.25) is 0 Å². The van der Waals surface area contributed by atoms with Crippen molar-refractivity contribution < 1.29 is 14.3 Å². The van der Waals surface area contributed by atoms with Gasteiger partial charge in [0, 0.05) is 11.4 Å². The molecule has 0 unspecified atom stereocenters. The van der Waals surface area contributed by atoms with Crippen LogP contribution in [0, 0.1) is 12.7 Å². The zero-order chi connectivity index (χ0) is 15.1. The summed E-state index contributed by atoms with van der Waals surface area (Å²) in [5.41, 5.74) is 2.70. The average molecular weight is 290 g/mol. The maximum atomic E-state index is 14.0. The lowest BCUT2D eigenvalue weighted by Gasteiger charge is -2.29. The van der Waals surface area contributed by atoms with E-state index in [4.69, 9.17) is 0 Å². The monoisotopic (exact) mass is 290 g/mol. The lowest BCUT2D eigenvalue weighted by Crippen LogP contribution is -2.41. The highest BCUT2D eigenvalue weighted by molar-refractivity contribution is 6.04. The van der Waals surface area contributed by atoms with E-state index < -0.39 is 17.3 Å². The molecule has 2 aromatic rings. The topological polar surface area (TPSA) is 71.3 Å². The van der Waals surface area contributed by atoms with Gasteiger partial charge < -0.3 is 10.5 Å². The second-order valence-electron chi connectivity index (χ2n) is 5.33. The van der Waals surface area contributed by atoms with E-state index in [2.05, 4.69) is 5.43 Å². The molecule has 3 rings (SSSR count). The van der Waals surface area contributed by atoms with Crippen LogP contribution in [-0.4, -0.2) is 21.8 Å². The first kappa shape index (κ1) is 13.6. The van der Waals surface area contributed by atoms with E-state index in [1.54, 1.807) is 6.92 Å². The van der Waals surface area contributed by atoms with Gasteiger partial charge in [0.25, 0.3) is 5.56 Å². The molecular weight excluding hydrogens is 275 g/mol. The lowest BCUT2D eigenvalue weighted by molar-refractivity contribution is 0.0697. The van der Waals surface area contributed by atoms with Crippen LogP contribution >= 0.6 is 0 Å². The smallest absolute Gasteiger partial charge is 0.338 e. The van der Waals surface area contributed by atoms with Gasteiger partial charge in [-0.2, -0.15) is 0 Å². The van der Waals surface area contributed by atoms with Crippen LogP contribution in [0.1, 0.15) is 35.3 Å². The van der Waals surface area contributed by atoms with Gasteiger partial charge in [0.15, 0.2) is 0 Å². The average Bonchev–Trinajstić information content (AvgIpc) is 2.35. The highest BCUT2D eigenvalue weighted by atomic mass is 19.1. The standard InChI is InChI=1S/C15H15FN2O3/c1-8-12(15(20)21)10-6-3-7-11(16)13(10)14(19)18(8)17-9-4-2-5-9/h3,6-7,9,17H,2,4-5H2,1H3,(H,20,21). The minimum Gasteiger partial charge on any atom is -0.478 e. The van der Waals surface area contributed by atoms with Crippen LogP contribution in [0.4, 0.5) is 4.39 Å². The molecule has 110 valence electrons. The van der Waals surface area contributed by atoms with Crippen molar-refractivity contribution in [3.63, 3.8) is 0 Å². The molecule has 21 heavy (non-hydrogen) atoms. The summed E-state index contributed by atoms with van der Waals surface area (Å²) < 4.78 is 15.2. The number of halogens is 1. The Morgan fingerprint density at radius 3 is 2.71 bits per heavy atom.